The highest BCUT2D eigenvalue weighted by Gasteiger charge is 2.17. The Labute approximate surface area is 138 Å². The molecule has 3 aromatic heterocycles. The monoisotopic (exact) mass is 321 g/mol. The number of thiophene rings is 1. The SMILES string of the molecule is Cc1ccc(-c2csc3ncnc(N(C)c4ccco4)c23)cc1. The summed E-state index contributed by atoms with van der Waals surface area (Å²) in [5.41, 5.74) is 3.57. The number of hydrogen-bond donors (Lipinski definition) is 0. The van der Waals surface area contributed by atoms with Gasteiger partial charge in [-0.15, -0.1) is 11.3 Å². The molecule has 0 atom stereocenters. The third-order valence-corrected chi connectivity index (χ3v) is 4.75. The van der Waals surface area contributed by atoms with Crippen LogP contribution >= 0.6 is 11.3 Å². The lowest BCUT2D eigenvalue weighted by Gasteiger charge is -2.16. The largest absolute Gasteiger partial charge is 0.448 e. The lowest BCUT2D eigenvalue weighted by Crippen LogP contribution is -2.10. The van der Waals surface area contributed by atoms with Gasteiger partial charge in [0.2, 0.25) is 5.88 Å². The highest BCUT2D eigenvalue weighted by molar-refractivity contribution is 7.17. The maximum absolute atomic E-state index is 5.51. The summed E-state index contributed by atoms with van der Waals surface area (Å²) in [5.74, 6) is 1.60. The lowest BCUT2D eigenvalue weighted by molar-refractivity contribution is 0.569. The lowest BCUT2D eigenvalue weighted by atomic mass is 10.0. The Morgan fingerprint density at radius 1 is 1.09 bits per heavy atom. The molecule has 0 unspecified atom stereocenters. The van der Waals surface area contributed by atoms with Gasteiger partial charge >= 0.3 is 0 Å². The van der Waals surface area contributed by atoms with Gasteiger partial charge in [-0.25, -0.2) is 9.97 Å². The number of anilines is 2. The van der Waals surface area contributed by atoms with Gasteiger partial charge in [-0.05, 0) is 18.6 Å². The molecule has 4 aromatic rings. The highest BCUT2D eigenvalue weighted by Crippen LogP contribution is 2.39. The third-order valence-electron chi connectivity index (χ3n) is 3.87. The summed E-state index contributed by atoms with van der Waals surface area (Å²) in [4.78, 5) is 11.8. The number of hydrogen-bond acceptors (Lipinski definition) is 5. The minimum atomic E-state index is 0.756. The average molecular weight is 321 g/mol. The average Bonchev–Trinajstić information content (AvgIpc) is 3.24. The fourth-order valence-electron chi connectivity index (χ4n) is 2.62. The maximum Gasteiger partial charge on any atom is 0.200 e. The minimum absolute atomic E-state index is 0.756. The number of aryl methyl sites for hydroxylation is 1. The van der Waals surface area contributed by atoms with E-state index in [4.69, 9.17) is 4.42 Å². The number of aromatic nitrogens is 2. The van der Waals surface area contributed by atoms with Crippen LogP contribution in [-0.4, -0.2) is 17.0 Å². The molecular weight excluding hydrogens is 306 g/mol. The van der Waals surface area contributed by atoms with Crippen LogP contribution in [-0.2, 0) is 0 Å². The molecule has 5 heteroatoms. The van der Waals surface area contributed by atoms with E-state index in [0.717, 1.165) is 27.5 Å². The summed E-state index contributed by atoms with van der Waals surface area (Å²) in [6, 6.07) is 12.3. The van der Waals surface area contributed by atoms with E-state index in [-0.39, 0.29) is 0 Å². The van der Waals surface area contributed by atoms with Crippen LogP contribution in [0, 0.1) is 6.92 Å². The Morgan fingerprint density at radius 3 is 2.65 bits per heavy atom. The van der Waals surface area contributed by atoms with Gasteiger partial charge in [0, 0.05) is 24.1 Å². The smallest absolute Gasteiger partial charge is 0.200 e. The Hall–Kier alpha value is -2.66. The molecule has 0 aliphatic carbocycles. The molecule has 0 N–H and O–H groups in total. The molecule has 0 fully saturated rings. The van der Waals surface area contributed by atoms with E-state index in [1.54, 1.807) is 23.9 Å². The van der Waals surface area contributed by atoms with Crippen molar-refractivity contribution >= 4 is 33.3 Å². The molecule has 0 amide bonds. The number of nitrogens with zero attached hydrogens (tertiary/aromatic N) is 3. The van der Waals surface area contributed by atoms with Crippen molar-refractivity contribution in [3.63, 3.8) is 0 Å². The van der Waals surface area contributed by atoms with Crippen molar-refractivity contribution in [3.05, 3.63) is 59.9 Å². The van der Waals surface area contributed by atoms with Crippen LogP contribution in [0.1, 0.15) is 5.56 Å². The third kappa shape index (κ3) is 2.39. The minimum Gasteiger partial charge on any atom is -0.448 e. The topological polar surface area (TPSA) is 42.2 Å². The summed E-state index contributed by atoms with van der Waals surface area (Å²) in [6.07, 6.45) is 3.27. The number of fused-ring (bicyclic) bond motifs is 1. The van der Waals surface area contributed by atoms with Crippen molar-refractivity contribution in [2.75, 3.05) is 11.9 Å². The van der Waals surface area contributed by atoms with Gasteiger partial charge in [-0.1, -0.05) is 29.8 Å². The summed E-state index contributed by atoms with van der Waals surface area (Å²) in [6.45, 7) is 2.09. The molecule has 3 heterocycles. The van der Waals surface area contributed by atoms with Gasteiger partial charge in [0.05, 0.1) is 11.6 Å². The molecule has 0 saturated heterocycles. The predicted octanol–water partition coefficient (Wildman–Crippen LogP) is 5.03. The zero-order valence-electron chi connectivity index (χ0n) is 12.9. The number of rotatable bonds is 3. The first-order valence-electron chi connectivity index (χ1n) is 7.30. The quantitative estimate of drug-likeness (QED) is 0.531. The Balaban J connectivity index is 1.92. The van der Waals surface area contributed by atoms with Crippen LogP contribution < -0.4 is 4.90 Å². The van der Waals surface area contributed by atoms with E-state index in [9.17, 15) is 0 Å². The zero-order chi connectivity index (χ0) is 15.8. The molecule has 23 heavy (non-hydrogen) atoms. The van der Waals surface area contributed by atoms with Gasteiger partial charge in [-0.2, -0.15) is 0 Å². The molecule has 0 aliphatic rings. The van der Waals surface area contributed by atoms with E-state index in [2.05, 4.69) is 46.5 Å². The van der Waals surface area contributed by atoms with Crippen molar-refractivity contribution in [3.8, 4) is 11.1 Å². The summed E-state index contributed by atoms with van der Waals surface area (Å²) >= 11 is 1.63. The summed E-state index contributed by atoms with van der Waals surface area (Å²) in [7, 11) is 1.96. The second-order valence-corrected chi connectivity index (χ2v) is 6.26. The molecule has 0 saturated carbocycles. The first-order valence-corrected chi connectivity index (χ1v) is 8.18. The Kier molecular flexibility index (Phi) is 3.35. The number of furan rings is 1. The summed E-state index contributed by atoms with van der Waals surface area (Å²) < 4.78 is 5.51. The van der Waals surface area contributed by atoms with E-state index in [1.165, 1.54) is 11.1 Å². The number of benzene rings is 1. The van der Waals surface area contributed by atoms with Gasteiger partial charge in [0.25, 0.3) is 0 Å². The van der Waals surface area contributed by atoms with E-state index < -0.39 is 0 Å². The van der Waals surface area contributed by atoms with Crippen LogP contribution in [0.4, 0.5) is 11.7 Å². The Bertz CT molecular complexity index is 942. The molecule has 0 bridgehead atoms. The van der Waals surface area contributed by atoms with Crippen molar-refractivity contribution in [1.29, 1.82) is 0 Å². The molecule has 0 aliphatic heterocycles. The molecule has 4 nitrogen and oxygen atoms in total. The fraction of sp³-hybridized carbons (Fsp3) is 0.111. The van der Waals surface area contributed by atoms with Crippen LogP contribution in [0.25, 0.3) is 21.3 Å². The van der Waals surface area contributed by atoms with Gasteiger partial charge in [-0.3, -0.25) is 4.90 Å². The first kappa shape index (κ1) is 14.0. The van der Waals surface area contributed by atoms with Gasteiger partial charge < -0.3 is 4.42 Å². The van der Waals surface area contributed by atoms with E-state index in [0.29, 0.717) is 0 Å². The Morgan fingerprint density at radius 2 is 1.91 bits per heavy atom. The highest BCUT2D eigenvalue weighted by atomic mass is 32.1. The summed E-state index contributed by atoms with van der Waals surface area (Å²) in [5, 5.41) is 3.20. The van der Waals surface area contributed by atoms with Crippen LogP contribution in [0.15, 0.2) is 58.8 Å². The van der Waals surface area contributed by atoms with Crippen molar-refractivity contribution < 1.29 is 4.42 Å². The van der Waals surface area contributed by atoms with Gasteiger partial charge in [0.15, 0.2) is 0 Å². The first-order chi connectivity index (χ1) is 11.2. The fourth-order valence-corrected chi connectivity index (χ4v) is 3.53. The predicted molar refractivity (Wildman–Crippen MR) is 94.4 cm³/mol. The van der Waals surface area contributed by atoms with Crippen molar-refractivity contribution in [2.45, 2.75) is 6.92 Å². The standard InChI is InChI=1S/C18H15N3OS/c1-12-5-7-13(8-6-12)14-10-23-18-16(14)17(19-11-20-18)21(2)15-4-3-9-22-15/h3-11H,1-2H3. The van der Waals surface area contributed by atoms with Gasteiger partial charge in [0.1, 0.15) is 17.0 Å². The van der Waals surface area contributed by atoms with Crippen molar-refractivity contribution in [1.82, 2.24) is 9.97 Å². The molecule has 0 radical (unpaired) electrons. The molecule has 1 aromatic carbocycles. The maximum atomic E-state index is 5.51. The molecular formula is C18H15N3OS. The zero-order valence-corrected chi connectivity index (χ0v) is 13.7. The van der Waals surface area contributed by atoms with Crippen LogP contribution in [0.5, 0.6) is 0 Å². The van der Waals surface area contributed by atoms with Crippen LogP contribution in [0.2, 0.25) is 0 Å². The van der Waals surface area contributed by atoms with Crippen LogP contribution in [0.3, 0.4) is 0 Å². The molecule has 4 rings (SSSR count). The molecule has 0 spiro atoms. The van der Waals surface area contributed by atoms with E-state index in [1.807, 2.05) is 24.1 Å². The normalized spacial score (nSPS) is 11.0. The van der Waals surface area contributed by atoms with E-state index >= 15 is 0 Å². The van der Waals surface area contributed by atoms with Crippen molar-refractivity contribution in [2.24, 2.45) is 0 Å². The second kappa shape index (κ2) is 5.52. The second-order valence-electron chi connectivity index (χ2n) is 5.40. The molecule has 114 valence electrons.